The molecule has 0 saturated carbocycles. The van der Waals surface area contributed by atoms with E-state index in [0.717, 1.165) is 14.5 Å². The molecule has 0 bridgehead atoms. The number of aliphatic hydroxyl groups is 1. The highest BCUT2D eigenvalue weighted by Crippen LogP contribution is 2.33. The van der Waals surface area contributed by atoms with Crippen LogP contribution >= 0.6 is 31.9 Å². The summed E-state index contributed by atoms with van der Waals surface area (Å²) in [4.78, 5) is 0. The van der Waals surface area contributed by atoms with Crippen LogP contribution in [-0.4, -0.2) is 5.11 Å². The van der Waals surface area contributed by atoms with Gasteiger partial charge in [0.25, 0.3) is 0 Å². The van der Waals surface area contributed by atoms with Crippen molar-refractivity contribution >= 4 is 31.9 Å². The zero-order chi connectivity index (χ0) is 13.3. The molecule has 2 aromatic carbocycles. The molecule has 1 unspecified atom stereocenters. The first-order valence-electron chi connectivity index (χ1n) is 5.38. The van der Waals surface area contributed by atoms with Gasteiger partial charge in [0.15, 0.2) is 0 Å². The van der Waals surface area contributed by atoms with Crippen LogP contribution in [0.5, 0.6) is 0 Å². The van der Waals surface area contributed by atoms with E-state index in [2.05, 4.69) is 31.9 Å². The lowest BCUT2D eigenvalue weighted by Gasteiger charge is -2.15. The maximum Gasteiger partial charge on any atom is 0.129 e. The molecule has 94 valence electrons. The number of hydrogen-bond donors (Lipinski definition) is 1. The number of aryl methyl sites for hydroxylation is 1. The average molecular weight is 374 g/mol. The molecule has 2 rings (SSSR count). The Morgan fingerprint density at radius 1 is 1.06 bits per heavy atom. The van der Waals surface area contributed by atoms with Crippen LogP contribution in [0.3, 0.4) is 0 Å². The molecule has 4 heteroatoms. The monoisotopic (exact) mass is 372 g/mol. The van der Waals surface area contributed by atoms with E-state index in [-0.39, 0.29) is 5.56 Å². The highest BCUT2D eigenvalue weighted by molar-refractivity contribution is 9.11. The van der Waals surface area contributed by atoms with Gasteiger partial charge >= 0.3 is 0 Å². The third-order valence-electron chi connectivity index (χ3n) is 2.77. The Bertz CT molecular complexity index is 584. The Morgan fingerprint density at radius 3 is 2.39 bits per heavy atom. The summed E-state index contributed by atoms with van der Waals surface area (Å²) in [6, 6.07) is 9.93. The first-order chi connectivity index (χ1) is 8.50. The lowest BCUT2D eigenvalue weighted by molar-refractivity contribution is 0.214. The van der Waals surface area contributed by atoms with Gasteiger partial charge in [0, 0.05) is 20.1 Å². The second-order valence-electron chi connectivity index (χ2n) is 4.05. The first-order valence-corrected chi connectivity index (χ1v) is 6.97. The fraction of sp³-hybridized carbons (Fsp3) is 0.143. The molecule has 0 aliphatic rings. The van der Waals surface area contributed by atoms with Crippen molar-refractivity contribution in [2.45, 2.75) is 13.0 Å². The Morgan fingerprint density at radius 2 is 1.72 bits per heavy atom. The minimum Gasteiger partial charge on any atom is -0.384 e. The predicted molar refractivity (Wildman–Crippen MR) is 77.0 cm³/mol. The quantitative estimate of drug-likeness (QED) is 0.805. The van der Waals surface area contributed by atoms with E-state index in [1.807, 2.05) is 13.0 Å². The van der Waals surface area contributed by atoms with Gasteiger partial charge in [-0.1, -0.05) is 50.1 Å². The maximum atomic E-state index is 13.7. The highest BCUT2D eigenvalue weighted by Gasteiger charge is 2.18. The fourth-order valence-electron chi connectivity index (χ4n) is 1.74. The SMILES string of the molecule is Cc1cc(Br)c(C(O)c2ccccc2F)cc1Br. The van der Waals surface area contributed by atoms with E-state index in [1.165, 1.54) is 6.07 Å². The van der Waals surface area contributed by atoms with Gasteiger partial charge in [-0.25, -0.2) is 4.39 Å². The van der Waals surface area contributed by atoms with Crippen LogP contribution in [0.25, 0.3) is 0 Å². The van der Waals surface area contributed by atoms with Gasteiger partial charge in [-0.05, 0) is 30.7 Å². The van der Waals surface area contributed by atoms with Crippen LogP contribution in [0.4, 0.5) is 4.39 Å². The summed E-state index contributed by atoms with van der Waals surface area (Å²) in [5, 5.41) is 10.3. The van der Waals surface area contributed by atoms with Crippen molar-refractivity contribution in [3.63, 3.8) is 0 Å². The molecular weight excluding hydrogens is 363 g/mol. The van der Waals surface area contributed by atoms with E-state index in [4.69, 9.17) is 0 Å². The Balaban J connectivity index is 2.50. The second kappa shape index (κ2) is 5.51. The van der Waals surface area contributed by atoms with Crippen LogP contribution in [0, 0.1) is 12.7 Å². The molecule has 0 spiro atoms. The van der Waals surface area contributed by atoms with Gasteiger partial charge in [0.05, 0.1) is 0 Å². The number of hydrogen-bond acceptors (Lipinski definition) is 1. The van der Waals surface area contributed by atoms with Gasteiger partial charge in [0.1, 0.15) is 11.9 Å². The van der Waals surface area contributed by atoms with Crippen LogP contribution in [0.15, 0.2) is 45.3 Å². The van der Waals surface area contributed by atoms with Gasteiger partial charge in [-0.15, -0.1) is 0 Å². The van der Waals surface area contributed by atoms with E-state index in [1.54, 1.807) is 24.3 Å². The highest BCUT2D eigenvalue weighted by atomic mass is 79.9. The Hall–Kier alpha value is -0.710. The van der Waals surface area contributed by atoms with Crippen LogP contribution in [0.2, 0.25) is 0 Å². The second-order valence-corrected chi connectivity index (χ2v) is 5.76. The standard InChI is InChI=1S/C14H11Br2FO/c1-8-6-12(16)10(7-11(8)15)14(18)9-4-2-3-5-13(9)17/h2-7,14,18H,1H3. The molecule has 1 N–H and O–H groups in total. The van der Waals surface area contributed by atoms with Crippen molar-refractivity contribution in [1.29, 1.82) is 0 Å². The molecule has 0 aromatic heterocycles. The summed E-state index contributed by atoms with van der Waals surface area (Å²) in [6.45, 7) is 1.95. The smallest absolute Gasteiger partial charge is 0.129 e. The molecule has 0 fully saturated rings. The molecule has 0 amide bonds. The largest absolute Gasteiger partial charge is 0.384 e. The van der Waals surface area contributed by atoms with E-state index >= 15 is 0 Å². The van der Waals surface area contributed by atoms with Gasteiger partial charge < -0.3 is 5.11 Å². The molecule has 0 heterocycles. The summed E-state index contributed by atoms with van der Waals surface area (Å²) in [5.74, 6) is -0.409. The lowest BCUT2D eigenvalue weighted by Crippen LogP contribution is -2.03. The van der Waals surface area contributed by atoms with Crippen molar-refractivity contribution in [3.8, 4) is 0 Å². The van der Waals surface area contributed by atoms with Crippen molar-refractivity contribution in [2.75, 3.05) is 0 Å². The summed E-state index contributed by atoms with van der Waals surface area (Å²) in [7, 11) is 0. The number of aliphatic hydroxyl groups excluding tert-OH is 1. The summed E-state index contributed by atoms with van der Waals surface area (Å²) < 4.78 is 15.3. The van der Waals surface area contributed by atoms with E-state index in [9.17, 15) is 9.50 Å². The zero-order valence-electron chi connectivity index (χ0n) is 9.62. The summed E-state index contributed by atoms with van der Waals surface area (Å²) in [5.41, 5.74) is 1.96. The van der Waals surface area contributed by atoms with Crippen molar-refractivity contribution in [3.05, 3.63) is 67.9 Å². The molecule has 0 saturated heterocycles. The summed E-state index contributed by atoms with van der Waals surface area (Å²) >= 11 is 6.81. The predicted octanol–water partition coefficient (Wildman–Crippen LogP) is 4.74. The summed E-state index contributed by atoms with van der Waals surface area (Å²) in [6.07, 6.45) is -0.988. The number of benzene rings is 2. The van der Waals surface area contributed by atoms with E-state index in [0.29, 0.717) is 5.56 Å². The minimum absolute atomic E-state index is 0.272. The van der Waals surface area contributed by atoms with E-state index < -0.39 is 11.9 Å². The molecule has 0 radical (unpaired) electrons. The van der Waals surface area contributed by atoms with Crippen LogP contribution in [0.1, 0.15) is 22.8 Å². The molecule has 2 aromatic rings. The van der Waals surface area contributed by atoms with Crippen molar-refractivity contribution in [2.24, 2.45) is 0 Å². The third-order valence-corrected chi connectivity index (χ3v) is 4.31. The van der Waals surface area contributed by atoms with Gasteiger partial charge in [0.2, 0.25) is 0 Å². The van der Waals surface area contributed by atoms with Crippen molar-refractivity contribution < 1.29 is 9.50 Å². The molecule has 1 nitrogen and oxygen atoms in total. The average Bonchev–Trinajstić information content (AvgIpc) is 2.33. The lowest BCUT2D eigenvalue weighted by atomic mass is 10.0. The molecule has 1 atom stereocenters. The number of rotatable bonds is 2. The van der Waals surface area contributed by atoms with Crippen LogP contribution < -0.4 is 0 Å². The minimum atomic E-state index is -0.988. The number of halogens is 3. The normalized spacial score (nSPS) is 12.5. The molecule has 0 aliphatic heterocycles. The van der Waals surface area contributed by atoms with Gasteiger partial charge in [-0.2, -0.15) is 0 Å². The Labute approximate surface area is 122 Å². The fourth-order valence-corrected chi connectivity index (χ4v) is 2.77. The van der Waals surface area contributed by atoms with Gasteiger partial charge in [-0.3, -0.25) is 0 Å². The topological polar surface area (TPSA) is 20.2 Å². The maximum absolute atomic E-state index is 13.7. The molecular formula is C14H11Br2FO. The third kappa shape index (κ3) is 2.66. The zero-order valence-corrected chi connectivity index (χ0v) is 12.8. The van der Waals surface area contributed by atoms with Crippen molar-refractivity contribution in [1.82, 2.24) is 0 Å². The Kier molecular flexibility index (Phi) is 4.20. The molecule has 0 aliphatic carbocycles. The van der Waals surface area contributed by atoms with Crippen LogP contribution in [-0.2, 0) is 0 Å². The molecule has 18 heavy (non-hydrogen) atoms. The first kappa shape index (κ1) is 13.7.